The highest BCUT2D eigenvalue weighted by Crippen LogP contribution is 2.27. The first kappa shape index (κ1) is 20.2. The average molecular weight is 411 g/mol. The lowest BCUT2D eigenvalue weighted by Gasteiger charge is -2.35. The van der Waals surface area contributed by atoms with Crippen LogP contribution in [0, 0.1) is 17.7 Å². The summed E-state index contributed by atoms with van der Waals surface area (Å²) in [5.41, 5.74) is 2.61. The summed E-state index contributed by atoms with van der Waals surface area (Å²) < 4.78 is 21.9. The van der Waals surface area contributed by atoms with E-state index in [0.717, 1.165) is 36.2 Å². The minimum atomic E-state index is -0.495. The molecule has 158 valence electrons. The molecular weight excluding hydrogens is 385 g/mol. The lowest BCUT2D eigenvalue weighted by Crippen LogP contribution is -2.44. The molecule has 3 heterocycles. The summed E-state index contributed by atoms with van der Waals surface area (Å²) in [7, 11) is 1.33. The summed E-state index contributed by atoms with van der Waals surface area (Å²) in [6.45, 7) is 5.86. The molecule has 1 aromatic carbocycles. The summed E-state index contributed by atoms with van der Waals surface area (Å²) in [6, 6.07) is 9.71. The van der Waals surface area contributed by atoms with Crippen molar-refractivity contribution in [1.29, 1.82) is 0 Å². The van der Waals surface area contributed by atoms with E-state index >= 15 is 0 Å². The number of benzene rings is 1. The number of piperidine rings is 1. The van der Waals surface area contributed by atoms with Gasteiger partial charge in [-0.15, -0.1) is 0 Å². The third-order valence-electron chi connectivity index (χ3n) is 5.77. The van der Waals surface area contributed by atoms with Crippen molar-refractivity contribution in [3.8, 4) is 5.69 Å². The first-order valence-electron chi connectivity index (χ1n) is 10.2. The minimum absolute atomic E-state index is 0.00872. The van der Waals surface area contributed by atoms with Gasteiger partial charge in [-0.2, -0.15) is 0 Å². The van der Waals surface area contributed by atoms with Crippen LogP contribution < -0.4 is 0 Å². The van der Waals surface area contributed by atoms with E-state index in [4.69, 9.17) is 4.74 Å². The number of amides is 1. The van der Waals surface area contributed by atoms with Gasteiger partial charge in [-0.1, -0.05) is 13.8 Å². The predicted molar refractivity (Wildman–Crippen MR) is 112 cm³/mol. The number of hydrogen-bond donors (Lipinski definition) is 0. The number of likely N-dealkylation sites (tertiary alicyclic amines) is 1. The average Bonchev–Trinajstić information content (AvgIpc) is 3.27. The highest BCUT2D eigenvalue weighted by Gasteiger charge is 2.27. The number of rotatable bonds is 4. The van der Waals surface area contributed by atoms with E-state index in [1.54, 1.807) is 22.8 Å². The normalized spacial score (nSPS) is 19.3. The largest absolute Gasteiger partial charge is 0.464 e. The first-order chi connectivity index (χ1) is 14.4. The van der Waals surface area contributed by atoms with Crippen molar-refractivity contribution in [2.24, 2.45) is 11.8 Å². The van der Waals surface area contributed by atoms with Crippen molar-refractivity contribution in [3.63, 3.8) is 0 Å². The molecule has 4 rings (SSSR count). The van der Waals surface area contributed by atoms with E-state index in [2.05, 4.69) is 13.8 Å². The Kier molecular flexibility index (Phi) is 5.37. The molecule has 3 aromatic rings. The number of halogens is 1. The van der Waals surface area contributed by atoms with Crippen LogP contribution in [0.2, 0.25) is 0 Å². The van der Waals surface area contributed by atoms with Crippen molar-refractivity contribution in [1.82, 2.24) is 14.0 Å². The van der Waals surface area contributed by atoms with Gasteiger partial charge in [-0.05, 0) is 54.7 Å². The number of nitrogens with zero attached hydrogens (tertiary/aromatic N) is 3. The lowest BCUT2D eigenvalue weighted by atomic mass is 9.92. The molecule has 0 saturated carbocycles. The Hall–Kier alpha value is -3.09. The zero-order valence-corrected chi connectivity index (χ0v) is 17.5. The molecule has 1 aliphatic rings. The highest BCUT2D eigenvalue weighted by molar-refractivity contribution is 5.96. The van der Waals surface area contributed by atoms with Crippen LogP contribution in [0.3, 0.4) is 0 Å². The van der Waals surface area contributed by atoms with Gasteiger partial charge in [0.15, 0.2) is 0 Å². The number of ether oxygens (including phenoxy) is 1. The van der Waals surface area contributed by atoms with Gasteiger partial charge in [-0.25, -0.2) is 9.18 Å². The van der Waals surface area contributed by atoms with Crippen molar-refractivity contribution in [3.05, 3.63) is 54.1 Å². The van der Waals surface area contributed by atoms with E-state index in [9.17, 15) is 14.0 Å². The maximum atomic E-state index is 13.3. The Bertz CT molecular complexity index is 1070. The number of methoxy groups -OCH3 is 1. The molecule has 1 aliphatic heterocycles. The summed E-state index contributed by atoms with van der Waals surface area (Å²) in [6.07, 6.45) is 2.97. The second kappa shape index (κ2) is 7.97. The Labute approximate surface area is 174 Å². The van der Waals surface area contributed by atoms with Crippen LogP contribution >= 0.6 is 0 Å². The molecule has 0 aliphatic carbocycles. The molecule has 6 nitrogen and oxygen atoms in total. The molecular formula is C23H26FN3O3. The molecule has 30 heavy (non-hydrogen) atoms. The van der Waals surface area contributed by atoms with Gasteiger partial charge in [0.05, 0.1) is 18.1 Å². The molecule has 0 bridgehead atoms. The van der Waals surface area contributed by atoms with Gasteiger partial charge in [0.1, 0.15) is 18.1 Å². The number of fused-ring (bicyclic) bond motifs is 1. The van der Waals surface area contributed by atoms with Crippen LogP contribution in [-0.2, 0) is 16.1 Å². The molecule has 0 radical (unpaired) electrons. The fraction of sp³-hybridized carbons (Fsp3) is 0.391. The quantitative estimate of drug-likeness (QED) is 0.613. The van der Waals surface area contributed by atoms with Gasteiger partial charge in [0.2, 0.25) is 5.91 Å². The van der Waals surface area contributed by atoms with Crippen LogP contribution in [0.5, 0.6) is 0 Å². The van der Waals surface area contributed by atoms with Gasteiger partial charge in [0.25, 0.3) is 0 Å². The number of carbonyl (C=O) groups excluding carboxylic acids is 2. The second-order valence-corrected chi connectivity index (χ2v) is 8.28. The topological polar surface area (TPSA) is 56.5 Å². The van der Waals surface area contributed by atoms with Crippen LogP contribution in [-0.4, -0.2) is 46.1 Å². The molecule has 1 saturated heterocycles. The van der Waals surface area contributed by atoms with E-state index in [1.165, 1.54) is 19.2 Å². The molecule has 7 heteroatoms. The molecule has 2 atom stereocenters. The van der Waals surface area contributed by atoms with Gasteiger partial charge in [0, 0.05) is 25.0 Å². The Morgan fingerprint density at radius 2 is 1.73 bits per heavy atom. The van der Waals surface area contributed by atoms with Crippen LogP contribution in [0.4, 0.5) is 4.39 Å². The third-order valence-corrected chi connectivity index (χ3v) is 5.77. The minimum Gasteiger partial charge on any atom is -0.464 e. The van der Waals surface area contributed by atoms with Crippen molar-refractivity contribution in [2.45, 2.75) is 26.8 Å². The molecule has 1 amide bonds. The fourth-order valence-corrected chi connectivity index (χ4v) is 4.52. The Morgan fingerprint density at radius 1 is 1.07 bits per heavy atom. The lowest BCUT2D eigenvalue weighted by molar-refractivity contribution is -0.134. The number of carbonyl (C=O) groups is 2. The number of esters is 1. The highest BCUT2D eigenvalue weighted by atomic mass is 19.1. The summed E-state index contributed by atoms with van der Waals surface area (Å²) >= 11 is 0. The number of hydrogen-bond acceptors (Lipinski definition) is 3. The zero-order valence-electron chi connectivity index (χ0n) is 17.5. The standard InChI is InChI=1S/C23H26FN3O3/c1-15-10-16(2)13-25(12-15)22(28)14-27-19-8-9-26(18-6-4-17(24)5-7-18)20(19)11-21(27)23(29)30-3/h4-9,11,15-16H,10,12-14H2,1-3H3/t15-,16+. The molecule has 2 aromatic heterocycles. The maximum absolute atomic E-state index is 13.3. The maximum Gasteiger partial charge on any atom is 0.354 e. The SMILES string of the molecule is COC(=O)c1cc2c(ccn2-c2ccc(F)cc2)n1CC(=O)N1C[C@H](C)C[C@H](C)C1. The van der Waals surface area contributed by atoms with E-state index in [1.807, 2.05) is 21.7 Å². The third kappa shape index (κ3) is 3.72. The van der Waals surface area contributed by atoms with Crippen LogP contribution in [0.15, 0.2) is 42.6 Å². The van der Waals surface area contributed by atoms with Gasteiger partial charge >= 0.3 is 5.97 Å². The van der Waals surface area contributed by atoms with Crippen LogP contribution in [0.25, 0.3) is 16.7 Å². The van der Waals surface area contributed by atoms with Crippen molar-refractivity contribution in [2.75, 3.05) is 20.2 Å². The fourth-order valence-electron chi connectivity index (χ4n) is 4.52. The Balaban J connectivity index is 1.72. The predicted octanol–water partition coefficient (Wildman–Crippen LogP) is 3.86. The summed E-state index contributed by atoms with van der Waals surface area (Å²) in [4.78, 5) is 27.4. The monoisotopic (exact) mass is 411 g/mol. The van der Waals surface area contributed by atoms with E-state index in [-0.39, 0.29) is 18.3 Å². The number of aromatic nitrogens is 2. The van der Waals surface area contributed by atoms with Crippen LogP contribution in [0.1, 0.15) is 30.8 Å². The van der Waals surface area contributed by atoms with E-state index < -0.39 is 5.97 Å². The molecule has 0 unspecified atom stereocenters. The molecule has 0 N–H and O–H groups in total. The smallest absolute Gasteiger partial charge is 0.354 e. The summed E-state index contributed by atoms with van der Waals surface area (Å²) in [5.74, 6) is 0.102. The van der Waals surface area contributed by atoms with Crippen molar-refractivity contribution >= 4 is 22.9 Å². The van der Waals surface area contributed by atoms with E-state index in [0.29, 0.717) is 17.5 Å². The zero-order chi connectivity index (χ0) is 21.4. The van der Waals surface area contributed by atoms with Gasteiger partial charge < -0.3 is 18.8 Å². The summed E-state index contributed by atoms with van der Waals surface area (Å²) in [5, 5.41) is 0. The second-order valence-electron chi connectivity index (χ2n) is 8.28. The Morgan fingerprint density at radius 3 is 2.37 bits per heavy atom. The van der Waals surface area contributed by atoms with Crippen molar-refractivity contribution < 1.29 is 18.7 Å². The van der Waals surface area contributed by atoms with Gasteiger partial charge in [-0.3, -0.25) is 4.79 Å². The first-order valence-corrected chi connectivity index (χ1v) is 10.2. The molecule has 0 spiro atoms. The molecule has 1 fully saturated rings.